The van der Waals surface area contributed by atoms with Crippen LogP contribution in [0.4, 0.5) is 14.6 Å². The van der Waals surface area contributed by atoms with E-state index in [9.17, 15) is 9.50 Å². The van der Waals surface area contributed by atoms with Crippen LogP contribution in [0.5, 0.6) is 11.8 Å². The van der Waals surface area contributed by atoms with Gasteiger partial charge in [-0.3, -0.25) is 4.90 Å². The van der Waals surface area contributed by atoms with Crippen molar-refractivity contribution in [2.45, 2.75) is 42.8 Å². The number of ether oxygens (including phenoxy) is 2. The summed E-state index contributed by atoms with van der Waals surface area (Å²) in [4.78, 5) is 14.1. The Bertz CT molecular complexity index is 2110. The molecule has 5 heterocycles. The summed E-state index contributed by atoms with van der Waals surface area (Å²) < 4.78 is 44.2. The molecule has 0 aliphatic carbocycles. The highest BCUT2D eigenvalue weighted by Crippen LogP contribution is 2.46. The molecule has 4 aliphatic heterocycles. The number of methoxy groups -OCH3 is 1. The molecule has 0 saturated carbocycles. The average molecular weight is 684 g/mol. The first-order valence-corrected chi connectivity index (χ1v) is 16.7. The molecule has 2 atom stereocenters. The predicted molar refractivity (Wildman–Crippen MR) is 187 cm³/mol. The number of aromatic hydroxyl groups is 1. The van der Waals surface area contributed by atoms with E-state index in [0.29, 0.717) is 36.3 Å². The van der Waals surface area contributed by atoms with E-state index < -0.39 is 11.6 Å². The van der Waals surface area contributed by atoms with E-state index in [1.54, 1.807) is 13.2 Å². The highest BCUT2D eigenvalue weighted by Gasteiger charge is 2.48. The lowest BCUT2D eigenvalue weighted by molar-refractivity contribution is 0.107. The van der Waals surface area contributed by atoms with Gasteiger partial charge in [-0.15, -0.1) is 6.42 Å². The Balaban J connectivity index is 1.31. The molecule has 252 valence electrons. The summed E-state index contributed by atoms with van der Waals surface area (Å²) in [5.74, 6) is 1.34. The molecule has 4 saturated heterocycles. The zero-order valence-corrected chi connectivity index (χ0v) is 28.0. The maximum atomic E-state index is 17.2. The van der Waals surface area contributed by atoms with Gasteiger partial charge in [0.2, 0.25) is 0 Å². The van der Waals surface area contributed by atoms with Gasteiger partial charge in [0.15, 0.2) is 5.82 Å². The SMILES string of the molecule is C#Cc1c(F)ccc2cc(O)cc(-c3c(Cl)cc4c(N5CC6CCC(COC)(C5)N6)nc(OCC56CC(=C)CN5CC(=C)C6)nc4c3F)c12. The zero-order chi connectivity index (χ0) is 34.2. The summed E-state index contributed by atoms with van der Waals surface area (Å²) in [6.45, 7) is 12.0. The summed E-state index contributed by atoms with van der Waals surface area (Å²) >= 11 is 6.94. The third-order valence-corrected chi connectivity index (χ3v) is 10.9. The van der Waals surface area contributed by atoms with Crippen molar-refractivity contribution in [1.29, 1.82) is 0 Å². The number of hydrogen-bond acceptors (Lipinski definition) is 8. The number of nitrogens with zero attached hydrogens (tertiary/aromatic N) is 4. The first-order chi connectivity index (χ1) is 23.5. The lowest BCUT2D eigenvalue weighted by Crippen LogP contribution is -2.61. The van der Waals surface area contributed by atoms with Crippen LogP contribution in [0.1, 0.15) is 31.2 Å². The molecule has 2 bridgehead atoms. The van der Waals surface area contributed by atoms with Gasteiger partial charge in [-0.2, -0.15) is 9.97 Å². The van der Waals surface area contributed by atoms with Crippen molar-refractivity contribution in [3.63, 3.8) is 0 Å². The van der Waals surface area contributed by atoms with Gasteiger partial charge in [0.25, 0.3) is 0 Å². The molecule has 4 aliphatic rings. The van der Waals surface area contributed by atoms with Crippen molar-refractivity contribution in [1.82, 2.24) is 20.2 Å². The number of anilines is 1. The monoisotopic (exact) mass is 683 g/mol. The Kier molecular flexibility index (Phi) is 7.61. The normalized spacial score (nSPS) is 23.1. The van der Waals surface area contributed by atoms with Gasteiger partial charge >= 0.3 is 6.01 Å². The fourth-order valence-corrected chi connectivity index (χ4v) is 9.00. The van der Waals surface area contributed by atoms with Gasteiger partial charge in [0.1, 0.15) is 29.5 Å². The summed E-state index contributed by atoms with van der Waals surface area (Å²) in [5, 5.41) is 15.5. The topological polar surface area (TPSA) is 83.0 Å². The molecule has 2 N–H and O–H groups in total. The van der Waals surface area contributed by atoms with Crippen LogP contribution in [0.25, 0.3) is 32.8 Å². The quantitative estimate of drug-likeness (QED) is 0.172. The second-order valence-corrected chi connectivity index (χ2v) is 14.5. The van der Waals surface area contributed by atoms with Crippen LogP contribution in [0.15, 0.2) is 54.6 Å². The van der Waals surface area contributed by atoms with Crippen LogP contribution in [0.3, 0.4) is 0 Å². The first kappa shape index (κ1) is 32.0. The number of terminal acetylenes is 1. The second kappa shape index (κ2) is 11.7. The summed E-state index contributed by atoms with van der Waals surface area (Å²) in [7, 11) is 1.69. The number of hydrogen-bond donors (Lipinski definition) is 2. The number of piperazine rings is 1. The predicted octanol–water partition coefficient (Wildman–Crippen LogP) is 6.37. The average Bonchev–Trinajstić information content (AvgIpc) is 3.64. The number of nitrogens with one attached hydrogen (secondary N) is 1. The van der Waals surface area contributed by atoms with Crippen LogP contribution in [-0.2, 0) is 4.74 Å². The van der Waals surface area contributed by atoms with Gasteiger partial charge in [-0.25, -0.2) is 8.78 Å². The van der Waals surface area contributed by atoms with E-state index in [-0.39, 0.29) is 68.1 Å². The third-order valence-electron chi connectivity index (χ3n) is 10.6. The summed E-state index contributed by atoms with van der Waals surface area (Å²) in [5.41, 5.74) is 1.67. The van der Waals surface area contributed by atoms with E-state index in [1.807, 2.05) is 0 Å². The molecule has 3 aromatic carbocycles. The van der Waals surface area contributed by atoms with Crippen LogP contribution >= 0.6 is 11.6 Å². The molecular weight excluding hydrogens is 648 g/mol. The molecule has 4 aromatic rings. The van der Waals surface area contributed by atoms with Crippen molar-refractivity contribution in [3.05, 3.63) is 76.9 Å². The molecule has 1 aromatic heterocycles. The second-order valence-electron chi connectivity index (χ2n) is 14.1. The number of aromatic nitrogens is 2. The number of phenolic OH excluding ortho intramolecular Hbond substituents is 1. The van der Waals surface area contributed by atoms with Gasteiger partial charge < -0.3 is 24.8 Å². The Labute approximate surface area is 288 Å². The lowest BCUT2D eigenvalue weighted by Gasteiger charge is -2.42. The van der Waals surface area contributed by atoms with E-state index in [4.69, 9.17) is 32.5 Å². The number of benzene rings is 3. The van der Waals surface area contributed by atoms with Crippen LogP contribution in [-0.4, -0.2) is 83.6 Å². The van der Waals surface area contributed by atoms with Crippen LogP contribution in [0, 0.1) is 24.0 Å². The maximum absolute atomic E-state index is 17.2. The minimum absolute atomic E-state index is 0.0118. The molecule has 0 amide bonds. The van der Waals surface area contributed by atoms with Gasteiger partial charge in [0.05, 0.1) is 28.3 Å². The van der Waals surface area contributed by atoms with Crippen molar-refractivity contribution in [2.75, 3.05) is 51.4 Å². The van der Waals surface area contributed by atoms with Crippen molar-refractivity contribution >= 4 is 39.1 Å². The van der Waals surface area contributed by atoms with Crippen LogP contribution < -0.4 is 15.0 Å². The number of phenols is 1. The molecule has 2 unspecified atom stereocenters. The molecule has 4 fully saturated rings. The van der Waals surface area contributed by atoms with Crippen LogP contribution in [0.2, 0.25) is 5.02 Å². The Morgan fingerprint density at radius 3 is 2.65 bits per heavy atom. The Morgan fingerprint density at radius 1 is 1.14 bits per heavy atom. The van der Waals surface area contributed by atoms with E-state index >= 15 is 4.39 Å². The number of rotatable bonds is 7. The fraction of sp³-hybridized carbons (Fsp3) is 0.368. The molecular formula is C38H36ClF2N5O3. The molecule has 8 rings (SSSR count). The summed E-state index contributed by atoms with van der Waals surface area (Å²) in [6.07, 6.45) is 9.16. The minimum atomic E-state index is -0.761. The Morgan fingerprint density at radius 2 is 1.92 bits per heavy atom. The van der Waals surface area contributed by atoms with E-state index in [1.165, 1.54) is 24.3 Å². The highest BCUT2D eigenvalue weighted by molar-refractivity contribution is 6.35. The molecule has 11 heteroatoms. The summed E-state index contributed by atoms with van der Waals surface area (Å²) in [6, 6.07) is 7.35. The molecule has 8 nitrogen and oxygen atoms in total. The Hall–Kier alpha value is -4.27. The molecule has 0 radical (unpaired) electrons. The van der Waals surface area contributed by atoms with Crippen molar-refractivity contribution in [2.24, 2.45) is 0 Å². The molecule has 49 heavy (non-hydrogen) atoms. The van der Waals surface area contributed by atoms with Crippen molar-refractivity contribution < 1.29 is 23.4 Å². The van der Waals surface area contributed by atoms with E-state index in [0.717, 1.165) is 49.9 Å². The smallest absolute Gasteiger partial charge is 0.319 e. The maximum Gasteiger partial charge on any atom is 0.319 e. The lowest BCUT2D eigenvalue weighted by atomic mass is 9.92. The van der Waals surface area contributed by atoms with Gasteiger partial charge in [0, 0.05) is 55.7 Å². The molecule has 0 spiro atoms. The van der Waals surface area contributed by atoms with Gasteiger partial charge in [-0.1, -0.05) is 47.9 Å². The minimum Gasteiger partial charge on any atom is -0.508 e. The van der Waals surface area contributed by atoms with Crippen molar-refractivity contribution in [3.8, 4) is 35.2 Å². The third kappa shape index (κ3) is 5.22. The highest BCUT2D eigenvalue weighted by atomic mass is 35.5. The number of fused-ring (bicyclic) bond motifs is 5. The fourth-order valence-electron chi connectivity index (χ4n) is 8.71. The number of halogens is 3. The largest absolute Gasteiger partial charge is 0.508 e. The van der Waals surface area contributed by atoms with Gasteiger partial charge in [-0.05, 0) is 60.9 Å². The first-order valence-electron chi connectivity index (χ1n) is 16.4. The zero-order valence-electron chi connectivity index (χ0n) is 27.2. The van der Waals surface area contributed by atoms with E-state index in [2.05, 4.69) is 39.2 Å². The standard InChI is InChI=1S/C38H36ClF2N5O3/c1-5-26-30(40)7-6-23-10-25(47)11-27(31(23)26)32-29(39)12-28-34(33(32)41)42-36(49-20-38-13-21(2)15-46(38)16-22(3)14-38)43-35(28)45-17-24-8-9-37(18-45,44-24)19-48-4/h1,6-7,10-12,24,44,47H,2-3,8-9,13-20H2,4H3.